The highest BCUT2D eigenvalue weighted by atomic mass is 35.5. The first-order chi connectivity index (χ1) is 7.83. The van der Waals surface area contributed by atoms with E-state index in [9.17, 15) is 0 Å². The molecule has 3 nitrogen and oxygen atoms in total. The lowest BCUT2D eigenvalue weighted by molar-refractivity contribution is 0.968. The van der Waals surface area contributed by atoms with Crippen LogP contribution in [-0.2, 0) is 0 Å². The van der Waals surface area contributed by atoms with Crippen molar-refractivity contribution in [2.75, 3.05) is 18.0 Å². The first kappa shape index (κ1) is 9.60. The highest BCUT2D eigenvalue weighted by Gasteiger charge is 2.10. The third-order valence-corrected chi connectivity index (χ3v) is 2.87. The second kappa shape index (κ2) is 3.76. The van der Waals surface area contributed by atoms with Crippen molar-refractivity contribution in [3.05, 3.63) is 41.6 Å². The van der Waals surface area contributed by atoms with E-state index in [1.165, 1.54) is 0 Å². The molecule has 0 spiro atoms. The summed E-state index contributed by atoms with van der Waals surface area (Å²) in [5.41, 5.74) is 1.72. The zero-order chi connectivity index (χ0) is 11.0. The summed E-state index contributed by atoms with van der Waals surface area (Å²) in [4.78, 5) is 11.1. The minimum Gasteiger partial charge on any atom is -0.348 e. The van der Waals surface area contributed by atoms with E-state index >= 15 is 0 Å². The van der Waals surface area contributed by atoms with E-state index in [0.717, 1.165) is 29.9 Å². The van der Waals surface area contributed by atoms with Crippen molar-refractivity contribution in [1.29, 1.82) is 0 Å². The van der Waals surface area contributed by atoms with Crippen molar-refractivity contribution >= 4 is 28.5 Å². The van der Waals surface area contributed by atoms with Crippen LogP contribution in [0.25, 0.3) is 11.0 Å². The number of nitrogens with zero attached hydrogens (tertiary/aromatic N) is 3. The predicted molar refractivity (Wildman–Crippen MR) is 65.9 cm³/mol. The third-order valence-electron chi connectivity index (χ3n) is 2.63. The van der Waals surface area contributed by atoms with Crippen LogP contribution in [-0.4, -0.2) is 23.1 Å². The lowest BCUT2D eigenvalue weighted by Crippen LogP contribution is -2.19. The maximum Gasteiger partial charge on any atom is 0.148 e. The van der Waals surface area contributed by atoms with Crippen molar-refractivity contribution < 1.29 is 0 Å². The lowest BCUT2D eigenvalue weighted by atomic mass is 10.3. The molecule has 16 heavy (non-hydrogen) atoms. The molecule has 0 fully saturated rings. The molecule has 2 heterocycles. The van der Waals surface area contributed by atoms with Crippen LogP contribution >= 0.6 is 11.6 Å². The second-order valence-electron chi connectivity index (χ2n) is 3.74. The first-order valence-electron chi connectivity index (χ1n) is 5.15. The molecule has 2 aromatic rings. The highest BCUT2D eigenvalue weighted by molar-refractivity contribution is 6.31. The van der Waals surface area contributed by atoms with Gasteiger partial charge in [0.05, 0.1) is 17.2 Å². The van der Waals surface area contributed by atoms with Crippen molar-refractivity contribution in [2.45, 2.75) is 0 Å². The molecule has 4 heteroatoms. The smallest absolute Gasteiger partial charge is 0.148 e. The van der Waals surface area contributed by atoms with E-state index in [0.29, 0.717) is 5.02 Å². The minimum atomic E-state index is 0.692. The predicted octanol–water partition coefficient (Wildman–Crippen LogP) is 2.66. The van der Waals surface area contributed by atoms with Crippen molar-refractivity contribution in [2.24, 2.45) is 0 Å². The Balaban J connectivity index is 2.05. The Bertz CT molecular complexity index is 557. The van der Waals surface area contributed by atoms with Gasteiger partial charge < -0.3 is 4.90 Å². The average Bonchev–Trinajstić information content (AvgIpc) is 2.82. The van der Waals surface area contributed by atoms with Crippen LogP contribution in [0.4, 0.5) is 5.82 Å². The summed E-state index contributed by atoms with van der Waals surface area (Å²) in [6.45, 7) is 1.82. The van der Waals surface area contributed by atoms with Crippen molar-refractivity contribution in [3.8, 4) is 0 Å². The zero-order valence-corrected chi connectivity index (χ0v) is 9.35. The van der Waals surface area contributed by atoms with Gasteiger partial charge in [-0.1, -0.05) is 23.8 Å². The van der Waals surface area contributed by atoms with Gasteiger partial charge in [-0.2, -0.15) is 0 Å². The maximum absolute atomic E-state index is 5.90. The van der Waals surface area contributed by atoms with Gasteiger partial charge in [-0.25, -0.2) is 4.98 Å². The molecule has 0 unspecified atom stereocenters. The molecule has 1 aromatic carbocycles. The number of anilines is 1. The fourth-order valence-electron chi connectivity index (χ4n) is 1.79. The Kier molecular flexibility index (Phi) is 2.26. The van der Waals surface area contributed by atoms with Gasteiger partial charge in [0.15, 0.2) is 0 Å². The number of benzene rings is 1. The number of fused-ring (bicyclic) bond motifs is 1. The first-order valence-corrected chi connectivity index (χ1v) is 5.53. The van der Waals surface area contributed by atoms with Gasteiger partial charge in [-0.15, -0.1) is 0 Å². The topological polar surface area (TPSA) is 29.0 Å². The van der Waals surface area contributed by atoms with Crippen LogP contribution in [0.3, 0.4) is 0 Å². The molecule has 0 saturated heterocycles. The van der Waals surface area contributed by atoms with E-state index in [-0.39, 0.29) is 0 Å². The van der Waals surface area contributed by atoms with Crippen LogP contribution in [0.2, 0.25) is 5.02 Å². The molecular formula is C12H10ClN3. The molecule has 80 valence electrons. The Labute approximate surface area is 98.4 Å². The normalized spacial score (nSPS) is 14.9. The fourth-order valence-corrected chi connectivity index (χ4v) is 1.96. The highest BCUT2D eigenvalue weighted by Crippen LogP contribution is 2.20. The number of rotatable bonds is 1. The quantitative estimate of drug-likeness (QED) is 0.707. The molecule has 0 amide bonds. The summed E-state index contributed by atoms with van der Waals surface area (Å²) >= 11 is 5.90. The monoisotopic (exact) mass is 231 g/mol. The van der Waals surface area contributed by atoms with E-state index in [1.807, 2.05) is 18.2 Å². The molecule has 0 atom stereocenters. The van der Waals surface area contributed by atoms with Crippen LogP contribution < -0.4 is 4.90 Å². The van der Waals surface area contributed by atoms with E-state index in [2.05, 4.69) is 27.0 Å². The Morgan fingerprint density at radius 3 is 2.75 bits per heavy atom. The fraction of sp³-hybridized carbons (Fsp3) is 0.167. The SMILES string of the molecule is Clc1ccc2nc(N3CC=CC3)cnc2c1. The van der Waals surface area contributed by atoms with Crippen molar-refractivity contribution in [3.63, 3.8) is 0 Å². The van der Waals surface area contributed by atoms with E-state index in [4.69, 9.17) is 11.6 Å². The van der Waals surface area contributed by atoms with E-state index in [1.54, 1.807) is 6.20 Å². The maximum atomic E-state index is 5.90. The number of hydrogen-bond donors (Lipinski definition) is 0. The minimum absolute atomic E-state index is 0.692. The molecule has 0 radical (unpaired) electrons. The van der Waals surface area contributed by atoms with Gasteiger partial charge in [-0.05, 0) is 18.2 Å². The van der Waals surface area contributed by atoms with Crippen LogP contribution in [0, 0.1) is 0 Å². The number of hydrogen-bond acceptors (Lipinski definition) is 3. The molecule has 0 N–H and O–H groups in total. The number of aromatic nitrogens is 2. The van der Waals surface area contributed by atoms with Gasteiger partial charge in [-0.3, -0.25) is 4.98 Å². The summed E-state index contributed by atoms with van der Waals surface area (Å²) in [6.07, 6.45) is 6.06. The van der Waals surface area contributed by atoms with Gasteiger partial charge in [0, 0.05) is 18.1 Å². The Hall–Kier alpha value is -1.61. The summed E-state index contributed by atoms with van der Waals surface area (Å²) in [7, 11) is 0. The third kappa shape index (κ3) is 1.63. The van der Waals surface area contributed by atoms with Crippen molar-refractivity contribution in [1.82, 2.24) is 9.97 Å². The molecule has 1 aliphatic heterocycles. The molecular weight excluding hydrogens is 222 g/mol. The molecule has 1 aromatic heterocycles. The lowest BCUT2D eigenvalue weighted by Gasteiger charge is -2.15. The molecule has 1 aliphatic rings. The average molecular weight is 232 g/mol. The van der Waals surface area contributed by atoms with Gasteiger partial charge >= 0.3 is 0 Å². The molecule has 0 saturated carbocycles. The van der Waals surface area contributed by atoms with E-state index < -0.39 is 0 Å². The largest absolute Gasteiger partial charge is 0.348 e. The molecule has 0 bridgehead atoms. The Morgan fingerprint density at radius 1 is 1.12 bits per heavy atom. The summed E-state index contributed by atoms with van der Waals surface area (Å²) in [6, 6.07) is 5.57. The zero-order valence-electron chi connectivity index (χ0n) is 8.60. The van der Waals surface area contributed by atoms with Gasteiger partial charge in [0.25, 0.3) is 0 Å². The molecule has 0 aliphatic carbocycles. The standard InChI is InChI=1S/C12H10ClN3/c13-9-3-4-10-11(7-9)14-8-12(15-10)16-5-1-2-6-16/h1-4,7-8H,5-6H2. The summed E-state index contributed by atoms with van der Waals surface area (Å²) in [5.74, 6) is 0.917. The van der Waals surface area contributed by atoms with Gasteiger partial charge in [0.1, 0.15) is 5.82 Å². The van der Waals surface area contributed by atoms with Crippen LogP contribution in [0.5, 0.6) is 0 Å². The van der Waals surface area contributed by atoms with Crippen LogP contribution in [0.1, 0.15) is 0 Å². The summed E-state index contributed by atoms with van der Waals surface area (Å²) in [5, 5.41) is 0.692. The second-order valence-corrected chi connectivity index (χ2v) is 4.17. The summed E-state index contributed by atoms with van der Waals surface area (Å²) < 4.78 is 0. The van der Waals surface area contributed by atoms with Crippen LogP contribution in [0.15, 0.2) is 36.5 Å². The molecule has 3 rings (SSSR count). The Morgan fingerprint density at radius 2 is 1.94 bits per heavy atom. The number of halogens is 1. The van der Waals surface area contributed by atoms with Gasteiger partial charge in [0.2, 0.25) is 0 Å².